The molecule has 0 bridgehead atoms. The van der Waals surface area contributed by atoms with Crippen LogP contribution in [0.25, 0.3) is 0 Å². The molecule has 0 unspecified atom stereocenters. The lowest BCUT2D eigenvalue weighted by molar-refractivity contribution is 0.613. The predicted octanol–water partition coefficient (Wildman–Crippen LogP) is 3.96. The van der Waals surface area contributed by atoms with Crippen molar-refractivity contribution in [3.8, 4) is 0 Å². The number of pyridine rings is 1. The molecular weight excluding hydrogens is 227 g/mol. The molecule has 0 radical (unpaired) electrons. The van der Waals surface area contributed by atoms with E-state index in [4.69, 9.17) is 0 Å². The van der Waals surface area contributed by atoms with Crippen molar-refractivity contribution in [3.05, 3.63) is 59.7 Å². The largest absolute Gasteiger partial charge is 0.379 e. The van der Waals surface area contributed by atoms with E-state index in [1.807, 2.05) is 12.1 Å². The Labute approximate surface area is 107 Å². The van der Waals surface area contributed by atoms with Crippen molar-refractivity contribution in [2.45, 2.75) is 26.3 Å². The highest BCUT2D eigenvalue weighted by molar-refractivity contribution is 5.50. The van der Waals surface area contributed by atoms with E-state index >= 15 is 0 Å². The topological polar surface area (TPSA) is 24.9 Å². The second-order valence-electron chi connectivity index (χ2n) is 4.56. The summed E-state index contributed by atoms with van der Waals surface area (Å²) < 4.78 is 13.5. The Bertz CT molecular complexity index is 523. The van der Waals surface area contributed by atoms with Gasteiger partial charge in [-0.15, -0.1) is 0 Å². The highest BCUT2D eigenvalue weighted by atomic mass is 19.1. The molecule has 0 aliphatic heterocycles. The summed E-state index contributed by atoms with van der Waals surface area (Å²) in [4.78, 5) is 4.11. The van der Waals surface area contributed by atoms with Crippen LogP contribution in [0.5, 0.6) is 0 Å². The van der Waals surface area contributed by atoms with Crippen molar-refractivity contribution >= 4 is 5.69 Å². The molecule has 3 heteroatoms. The van der Waals surface area contributed by atoms with Gasteiger partial charge in [-0.1, -0.05) is 32.0 Å². The molecule has 0 atom stereocenters. The summed E-state index contributed by atoms with van der Waals surface area (Å²) in [5.41, 5.74) is 2.83. The van der Waals surface area contributed by atoms with Gasteiger partial charge in [-0.05, 0) is 23.6 Å². The average molecular weight is 244 g/mol. The van der Waals surface area contributed by atoms with E-state index in [-0.39, 0.29) is 5.82 Å². The Morgan fingerprint density at radius 1 is 1.22 bits per heavy atom. The third kappa shape index (κ3) is 2.86. The smallest absolute Gasteiger partial charge is 0.128 e. The maximum Gasteiger partial charge on any atom is 0.128 e. The number of hydrogen-bond acceptors (Lipinski definition) is 2. The monoisotopic (exact) mass is 244 g/mol. The van der Waals surface area contributed by atoms with Gasteiger partial charge in [0, 0.05) is 18.3 Å². The van der Waals surface area contributed by atoms with Gasteiger partial charge in [-0.25, -0.2) is 4.39 Å². The molecule has 1 N–H and O–H groups in total. The van der Waals surface area contributed by atoms with Gasteiger partial charge in [-0.3, -0.25) is 4.98 Å². The standard InChI is InChI=1S/C15H17FN2/c1-11(2)13-7-8-17-10-15(13)18-9-12-5-3-4-6-14(12)16/h3-8,10-11,18H,9H2,1-2H3. The summed E-state index contributed by atoms with van der Waals surface area (Å²) in [6.07, 6.45) is 3.57. The van der Waals surface area contributed by atoms with E-state index in [0.717, 1.165) is 5.69 Å². The number of anilines is 1. The van der Waals surface area contributed by atoms with Gasteiger partial charge < -0.3 is 5.32 Å². The van der Waals surface area contributed by atoms with Crippen LogP contribution in [0.15, 0.2) is 42.7 Å². The number of rotatable bonds is 4. The van der Waals surface area contributed by atoms with E-state index in [1.54, 1.807) is 24.5 Å². The molecular formula is C15H17FN2. The second-order valence-corrected chi connectivity index (χ2v) is 4.56. The summed E-state index contributed by atoms with van der Waals surface area (Å²) in [6.45, 7) is 4.73. The van der Waals surface area contributed by atoms with Crippen molar-refractivity contribution in [1.82, 2.24) is 4.98 Å². The molecule has 0 amide bonds. The molecule has 0 aliphatic carbocycles. The molecule has 0 spiro atoms. The fraction of sp³-hybridized carbons (Fsp3) is 0.267. The molecule has 1 heterocycles. The van der Waals surface area contributed by atoms with Crippen molar-refractivity contribution in [2.75, 3.05) is 5.32 Å². The maximum atomic E-state index is 13.5. The number of nitrogens with one attached hydrogen (secondary N) is 1. The van der Waals surface area contributed by atoms with Crippen LogP contribution < -0.4 is 5.32 Å². The third-order valence-electron chi connectivity index (χ3n) is 2.90. The van der Waals surface area contributed by atoms with Crippen LogP contribution in [0, 0.1) is 5.82 Å². The molecule has 0 fully saturated rings. The summed E-state index contributed by atoms with van der Waals surface area (Å²) in [5, 5.41) is 3.25. The van der Waals surface area contributed by atoms with Crippen LogP contribution in [0.3, 0.4) is 0 Å². The van der Waals surface area contributed by atoms with Crippen molar-refractivity contribution in [1.29, 1.82) is 0 Å². The molecule has 2 nitrogen and oxygen atoms in total. The predicted molar refractivity (Wildman–Crippen MR) is 72.1 cm³/mol. The number of benzene rings is 1. The summed E-state index contributed by atoms with van der Waals surface area (Å²) in [7, 11) is 0. The van der Waals surface area contributed by atoms with E-state index in [1.165, 1.54) is 11.6 Å². The van der Waals surface area contributed by atoms with Crippen molar-refractivity contribution in [3.63, 3.8) is 0 Å². The van der Waals surface area contributed by atoms with Crippen LogP contribution in [-0.2, 0) is 6.54 Å². The average Bonchev–Trinajstić information content (AvgIpc) is 2.38. The first-order valence-electron chi connectivity index (χ1n) is 6.09. The molecule has 0 saturated carbocycles. The van der Waals surface area contributed by atoms with Gasteiger partial charge in [-0.2, -0.15) is 0 Å². The zero-order valence-corrected chi connectivity index (χ0v) is 10.7. The minimum atomic E-state index is -0.181. The van der Waals surface area contributed by atoms with Crippen molar-refractivity contribution < 1.29 is 4.39 Å². The molecule has 1 aromatic carbocycles. The first kappa shape index (κ1) is 12.6. The summed E-state index contributed by atoms with van der Waals surface area (Å²) in [6, 6.07) is 8.79. The molecule has 0 aliphatic rings. The lowest BCUT2D eigenvalue weighted by Gasteiger charge is -2.14. The Kier molecular flexibility index (Phi) is 3.92. The van der Waals surface area contributed by atoms with Crippen LogP contribution in [-0.4, -0.2) is 4.98 Å². The normalized spacial score (nSPS) is 10.7. The molecule has 1 aromatic heterocycles. The first-order valence-corrected chi connectivity index (χ1v) is 6.09. The number of aromatic nitrogens is 1. The van der Waals surface area contributed by atoms with Gasteiger partial charge >= 0.3 is 0 Å². The van der Waals surface area contributed by atoms with Gasteiger partial charge in [0.2, 0.25) is 0 Å². The summed E-state index contributed by atoms with van der Waals surface area (Å²) >= 11 is 0. The SMILES string of the molecule is CC(C)c1ccncc1NCc1ccccc1F. The highest BCUT2D eigenvalue weighted by Gasteiger charge is 2.07. The van der Waals surface area contributed by atoms with Crippen LogP contribution in [0.1, 0.15) is 30.9 Å². The van der Waals surface area contributed by atoms with Gasteiger partial charge in [0.05, 0.1) is 11.9 Å². The molecule has 18 heavy (non-hydrogen) atoms. The molecule has 94 valence electrons. The van der Waals surface area contributed by atoms with E-state index in [0.29, 0.717) is 18.0 Å². The number of hydrogen-bond donors (Lipinski definition) is 1. The van der Waals surface area contributed by atoms with Crippen LogP contribution in [0.4, 0.5) is 10.1 Å². The fourth-order valence-electron chi connectivity index (χ4n) is 1.89. The first-order chi connectivity index (χ1) is 8.68. The Balaban J connectivity index is 2.14. The molecule has 0 saturated heterocycles. The number of nitrogens with zero attached hydrogens (tertiary/aromatic N) is 1. The van der Waals surface area contributed by atoms with Gasteiger partial charge in [0.1, 0.15) is 5.82 Å². The van der Waals surface area contributed by atoms with Gasteiger partial charge in [0.25, 0.3) is 0 Å². The van der Waals surface area contributed by atoms with Gasteiger partial charge in [0.15, 0.2) is 0 Å². The number of halogens is 1. The second kappa shape index (κ2) is 5.63. The van der Waals surface area contributed by atoms with E-state index in [9.17, 15) is 4.39 Å². The zero-order valence-electron chi connectivity index (χ0n) is 10.7. The lowest BCUT2D eigenvalue weighted by atomic mass is 10.0. The highest BCUT2D eigenvalue weighted by Crippen LogP contribution is 2.23. The Morgan fingerprint density at radius 2 is 2.00 bits per heavy atom. The third-order valence-corrected chi connectivity index (χ3v) is 2.90. The lowest BCUT2D eigenvalue weighted by Crippen LogP contribution is -2.05. The molecule has 2 aromatic rings. The van der Waals surface area contributed by atoms with Crippen LogP contribution >= 0.6 is 0 Å². The fourth-order valence-corrected chi connectivity index (χ4v) is 1.89. The van der Waals surface area contributed by atoms with E-state index in [2.05, 4.69) is 24.1 Å². The van der Waals surface area contributed by atoms with E-state index < -0.39 is 0 Å². The minimum absolute atomic E-state index is 0.181. The summed E-state index contributed by atoms with van der Waals surface area (Å²) in [5.74, 6) is 0.233. The van der Waals surface area contributed by atoms with Crippen LogP contribution in [0.2, 0.25) is 0 Å². The Hall–Kier alpha value is -1.90. The Morgan fingerprint density at radius 3 is 2.72 bits per heavy atom. The quantitative estimate of drug-likeness (QED) is 0.880. The minimum Gasteiger partial charge on any atom is -0.379 e. The maximum absolute atomic E-state index is 13.5. The zero-order chi connectivity index (χ0) is 13.0. The van der Waals surface area contributed by atoms with Crippen molar-refractivity contribution in [2.24, 2.45) is 0 Å². The molecule has 2 rings (SSSR count).